The maximum atomic E-state index is 12.3. The average molecular weight is 383 g/mol. The molecule has 0 bridgehead atoms. The molecule has 1 atom stereocenters. The third kappa shape index (κ3) is 4.75. The first kappa shape index (κ1) is 19.6. The molecular formula is C21H21NO6. The van der Waals surface area contributed by atoms with Gasteiger partial charge in [-0.25, -0.2) is 9.59 Å². The number of carbonyl (C=O) groups excluding carboxylic acids is 3. The van der Waals surface area contributed by atoms with Gasteiger partial charge in [-0.2, -0.15) is 0 Å². The summed E-state index contributed by atoms with van der Waals surface area (Å²) in [7, 11) is 1.53. The second kappa shape index (κ2) is 9.14. The standard InChI is InChI=1S/C21H21NO6/c1-26-10-9-22-19(23)13-27-20(24)15-7-8-17-16(11-15)12-18(28-21(17)25)14-5-3-2-4-6-14/h2-8,11,18H,9-10,12-13H2,1H3,(H,22,23). The maximum Gasteiger partial charge on any atom is 0.339 e. The van der Waals surface area contributed by atoms with Gasteiger partial charge in [0.2, 0.25) is 0 Å². The smallest absolute Gasteiger partial charge is 0.339 e. The highest BCUT2D eigenvalue weighted by Gasteiger charge is 2.28. The molecule has 7 heteroatoms. The number of ether oxygens (including phenoxy) is 3. The zero-order valence-electron chi connectivity index (χ0n) is 15.5. The molecule has 0 aliphatic carbocycles. The Morgan fingerprint density at radius 3 is 2.71 bits per heavy atom. The number of fused-ring (bicyclic) bond motifs is 1. The maximum absolute atomic E-state index is 12.3. The van der Waals surface area contributed by atoms with Crippen LogP contribution in [0.5, 0.6) is 0 Å². The first-order valence-electron chi connectivity index (χ1n) is 8.90. The van der Waals surface area contributed by atoms with E-state index in [1.807, 2.05) is 30.3 Å². The van der Waals surface area contributed by atoms with Gasteiger partial charge in [-0.15, -0.1) is 0 Å². The third-order valence-corrected chi connectivity index (χ3v) is 4.35. The van der Waals surface area contributed by atoms with E-state index in [2.05, 4.69) is 5.32 Å². The van der Waals surface area contributed by atoms with Crippen LogP contribution < -0.4 is 5.32 Å². The summed E-state index contributed by atoms with van der Waals surface area (Å²) in [6.07, 6.45) is 0.0583. The molecule has 2 aromatic carbocycles. The molecule has 1 unspecified atom stereocenters. The van der Waals surface area contributed by atoms with Crippen molar-refractivity contribution < 1.29 is 28.6 Å². The summed E-state index contributed by atoms with van der Waals surface area (Å²) >= 11 is 0. The molecule has 0 spiro atoms. The number of benzene rings is 2. The van der Waals surface area contributed by atoms with Crippen LogP contribution in [-0.4, -0.2) is 44.7 Å². The number of nitrogens with one attached hydrogen (secondary N) is 1. The molecule has 1 aliphatic rings. The normalized spacial score (nSPS) is 15.3. The Morgan fingerprint density at radius 2 is 1.96 bits per heavy atom. The van der Waals surface area contributed by atoms with E-state index in [-0.39, 0.29) is 12.2 Å². The van der Waals surface area contributed by atoms with Crippen molar-refractivity contribution in [3.8, 4) is 0 Å². The Bertz CT molecular complexity index is 864. The van der Waals surface area contributed by atoms with Crippen LogP contribution in [0, 0.1) is 0 Å². The minimum Gasteiger partial charge on any atom is -0.454 e. The number of methoxy groups -OCH3 is 1. The largest absolute Gasteiger partial charge is 0.454 e. The minimum atomic E-state index is -0.625. The van der Waals surface area contributed by atoms with Gasteiger partial charge < -0.3 is 19.5 Å². The molecule has 0 aromatic heterocycles. The Morgan fingerprint density at radius 1 is 1.18 bits per heavy atom. The van der Waals surface area contributed by atoms with Crippen LogP contribution in [0.3, 0.4) is 0 Å². The Balaban J connectivity index is 1.66. The predicted molar refractivity (Wildman–Crippen MR) is 99.9 cm³/mol. The van der Waals surface area contributed by atoms with Crippen LogP contribution >= 0.6 is 0 Å². The lowest BCUT2D eigenvalue weighted by molar-refractivity contribution is -0.124. The number of carbonyl (C=O) groups is 3. The average Bonchev–Trinajstić information content (AvgIpc) is 2.72. The van der Waals surface area contributed by atoms with Gasteiger partial charge in [-0.05, 0) is 29.3 Å². The lowest BCUT2D eigenvalue weighted by Crippen LogP contribution is -2.31. The van der Waals surface area contributed by atoms with Crippen LogP contribution in [0.4, 0.5) is 0 Å². The highest BCUT2D eigenvalue weighted by Crippen LogP contribution is 2.31. The summed E-state index contributed by atoms with van der Waals surface area (Å²) in [5.41, 5.74) is 2.32. The van der Waals surface area contributed by atoms with Crippen molar-refractivity contribution in [1.29, 1.82) is 0 Å². The molecule has 3 rings (SSSR count). The fourth-order valence-corrected chi connectivity index (χ4v) is 2.93. The molecule has 7 nitrogen and oxygen atoms in total. The molecule has 0 fully saturated rings. The number of rotatable bonds is 7. The van der Waals surface area contributed by atoms with Crippen LogP contribution in [0.2, 0.25) is 0 Å². The molecule has 2 aromatic rings. The Labute approximate surface area is 162 Å². The number of hydrogen-bond acceptors (Lipinski definition) is 6. The zero-order valence-corrected chi connectivity index (χ0v) is 15.5. The summed E-state index contributed by atoms with van der Waals surface area (Å²) in [6, 6.07) is 14.1. The monoisotopic (exact) mass is 383 g/mol. The van der Waals surface area contributed by atoms with E-state index in [4.69, 9.17) is 14.2 Å². The zero-order chi connectivity index (χ0) is 19.9. The van der Waals surface area contributed by atoms with E-state index in [1.165, 1.54) is 13.2 Å². The SMILES string of the molecule is COCCNC(=O)COC(=O)c1ccc2c(c1)CC(c1ccccc1)OC2=O. The molecule has 1 amide bonds. The highest BCUT2D eigenvalue weighted by molar-refractivity contribution is 5.96. The van der Waals surface area contributed by atoms with Crippen LogP contribution in [0.15, 0.2) is 48.5 Å². The van der Waals surface area contributed by atoms with Crippen LogP contribution in [0.1, 0.15) is 37.9 Å². The van der Waals surface area contributed by atoms with Crippen molar-refractivity contribution in [3.63, 3.8) is 0 Å². The van der Waals surface area contributed by atoms with Crippen molar-refractivity contribution in [3.05, 3.63) is 70.8 Å². The Hall–Kier alpha value is -3.19. The second-order valence-corrected chi connectivity index (χ2v) is 6.30. The topological polar surface area (TPSA) is 90.9 Å². The van der Waals surface area contributed by atoms with Gasteiger partial charge in [0.25, 0.3) is 5.91 Å². The first-order valence-corrected chi connectivity index (χ1v) is 8.90. The van der Waals surface area contributed by atoms with E-state index in [9.17, 15) is 14.4 Å². The third-order valence-electron chi connectivity index (χ3n) is 4.35. The molecule has 0 saturated heterocycles. The van der Waals surface area contributed by atoms with Gasteiger partial charge in [0.1, 0.15) is 6.10 Å². The summed E-state index contributed by atoms with van der Waals surface area (Å²) in [4.78, 5) is 36.2. The molecule has 1 heterocycles. The van der Waals surface area contributed by atoms with E-state index >= 15 is 0 Å². The van der Waals surface area contributed by atoms with Crippen molar-refractivity contribution >= 4 is 17.8 Å². The molecule has 0 saturated carbocycles. The van der Waals surface area contributed by atoms with Crippen LogP contribution in [-0.2, 0) is 25.4 Å². The first-order chi connectivity index (χ1) is 13.6. The van der Waals surface area contributed by atoms with Gasteiger partial charge in [-0.1, -0.05) is 30.3 Å². The van der Waals surface area contributed by atoms with Crippen molar-refractivity contribution in [1.82, 2.24) is 5.32 Å². The van der Waals surface area contributed by atoms with Crippen LogP contribution in [0.25, 0.3) is 0 Å². The summed E-state index contributed by atoms with van der Waals surface area (Å²) in [5, 5.41) is 2.57. The quantitative estimate of drug-likeness (QED) is 0.581. The molecule has 0 radical (unpaired) electrons. The predicted octanol–water partition coefficient (Wildman–Crippen LogP) is 2.06. The fraction of sp³-hybridized carbons (Fsp3) is 0.286. The number of hydrogen-bond donors (Lipinski definition) is 1. The van der Waals surface area contributed by atoms with Gasteiger partial charge in [0.05, 0.1) is 17.7 Å². The van der Waals surface area contributed by atoms with Gasteiger partial charge in [0.15, 0.2) is 6.61 Å². The second-order valence-electron chi connectivity index (χ2n) is 6.30. The molecular weight excluding hydrogens is 362 g/mol. The van der Waals surface area contributed by atoms with Crippen molar-refractivity contribution in [2.75, 3.05) is 26.9 Å². The molecule has 1 aliphatic heterocycles. The van der Waals surface area contributed by atoms with Gasteiger partial charge in [-0.3, -0.25) is 4.79 Å². The van der Waals surface area contributed by atoms with Gasteiger partial charge in [0, 0.05) is 20.1 Å². The molecule has 146 valence electrons. The van der Waals surface area contributed by atoms with E-state index in [0.29, 0.717) is 30.7 Å². The summed E-state index contributed by atoms with van der Waals surface area (Å²) < 4.78 is 15.4. The molecule has 28 heavy (non-hydrogen) atoms. The van der Waals surface area contributed by atoms with E-state index < -0.39 is 23.9 Å². The van der Waals surface area contributed by atoms with Crippen molar-refractivity contribution in [2.45, 2.75) is 12.5 Å². The van der Waals surface area contributed by atoms with E-state index in [0.717, 1.165) is 5.56 Å². The summed E-state index contributed by atoms with van der Waals surface area (Å²) in [6.45, 7) is 0.340. The number of cyclic esters (lactones) is 1. The van der Waals surface area contributed by atoms with Crippen molar-refractivity contribution in [2.24, 2.45) is 0 Å². The molecule has 1 N–H and O–H groups in total. The van der Waals surface area contributed by atoms with E-state index in [1.54, 1.807) is 12.1 Å². The lowest BCUT2D eigenvalue weighted by Gasteiger charge is -2.25. The number of amides is 1. The summed E-state index contributed by atoms with van der Waals surface area (Å²) in [5.74, 6) is -1.46. The lowest BCUT2D eigenvalue weighted by atomic mass is 9.93. The number of esters is 2. The minimum absolute atomic E-state index is 0.282. The fourth-order valence-electron chi connectivity index (χ4n) is 2.93. The highest BCUT2D eigenvalue weighted by atomic mass is 16.5. The van der Waals surface area contributed by atoms with Gasteiger partial charge >= 0.3 is 11.9 Å². The Kier molecular flexibility index (Phi) is 6.39.